The van der Waals surface area contributed by atoms with Gasteiger partial charge in [0, 0.05) is 18.8 Å². The lowest BCUT2D eigenvalue weighted by molar-refractivity contribution is 0.105. The van der Waals surface area contributed by atoms with Crippen molar-refractivity contribution in [3.63, 3.8) is 0 Å². The van der Waals surface area contributed by atoms with Crippen LogP contribution in [-0.4, -0.2) is 22.5 Å². The second-order valence-electron chi connectivity index (χ2n) is 5.41. The minimum atomic E-state index is 0.796. The summed E-state index contributed by atoms with van der Waals surface area (Å²) in [6, 6.07) is 4.66. The Morgan fingerprint density at radius 2 is 2.18 bits per heavy atom. The zero-order valence-electron chi connectivity index (χ0n) is 10.3. The first-order chi connectivity index (χ1) is 8.34. The van der Waals surface area contributed by atoms with Gasteiger partial charge in [-0.15, -0.1) is 0 Å². The molecule has 1 aromatic heterocycles. The van der Waals surface area contributed by atoms with Gasteiger partial charge in [-0.25, -0.2) is 0 Å². The van der Waals surface area contributed by atoms with Crippen LogP contribution in [0, 0.1) is 5.92 Å². The number of aromatic nitrogens is 1. The molecule has 1 saturated carbocycles. The molecule has 0 amide bonds. The molecule has 2 atom stereocenters. The number of hydrogen-bond acceptors (Lipinski definition) is 3. The zero-order valence-corrected chi connectivity index (χ0v) is 10.3. The molecule has 2 N–H and O–H groups in total. The van der Waals surface area contributed by atoms with Crippen molar-refractivity contribution < 1.29 is 0 Å². The van der Waals surface area contributed by atoms with Crippen LogP contribution in [0.15, 0.2) is 18.3 Å². The predicted octanol–water partition coefficient (Wildman–Crippen LogP) is 2.43. The van der Waals surface area contributed by atoms with Crippen molar-refractivity contribution in [2.45, 2.75) is 44.7 Å². The third kappa shape index (κ3) is 2.16. The molecular formula is C14H21N3. The zero-order chi connectivity index (χ0) is 11.7. The minimum absolute atomic E-state index is 0.796. The average Bonchev–Trinajstić information content (AvgIpc) is 2.81. The number of hydrogen-bond donors (Lipinski definition) is 1. The topological polar surface area (TPSA) is 42.1 Å². The van der Waals surface area contributed by atoms with Crippen LogP contribution in [0.4, 0.5) is 5.69 Å². The highest BCUT2D eigenvalue weighted by Crippen LogP contribution is 2.37. The maximum Gasteiger partial charge on any atom is 0.0772 e. The van der Waals surface area contributed by atoms with Crippen LogP contribution < -0.4 is 5.73 Å². The van der Waals surface area contributed by atoms with Crippen LogP contribution in [0.2, 0.25) is 0 Å². The number of fused-ring (bicyclic) bond motifs is 1. The summed E-state index contributed by atoms with van der Waals surface area (Å²) in [5, 5.41) is 0. The molecule has 92 valence electrons. The Hall–Kier alpha value is -1.09. The van der Waals surface area contributed by atoms with Gasteiger partial charge in [-0.05, 0) is 50.3 Å². The third-order valence-corrected chi connectivity index (χ3v) is 4.39. The summed E-state index contributed by atoms with van der Waals surface area (Å²) < 4.78 is 0. The van der Waals surface area contributed by atoms with Crippen molar-refractivity contribution in [2.24, 2.45) is 5.92 Å². The molecule has 2 fully saturated rings. The van der Waals surface area contributed by atoms with Gasteiger partial charge in [0.1, 0.15) is 0 Å². The smallest absolute Gasteiger partial charge is 0.0772 e. The van der Waals surface area contributed by atoms with Gasteiger partial charge in [0.15, 0.2) is 0 Å². The number of anilines is 1. The number of rotatable bonds is 2. The van der Waals surface area contributed by atoms with Crippen molar-refractivity contribution in [3.05, 3.63) is 24.0 Å². The fourth-order valence-electron chi connectivity index (χ4n) is 3.53. The van der Waals surface area contributed by atoms with E-state index in [1.807, 2.05) is 18.3 Å². The van der Waals surface area contributed by atoms with E-state index >= 15 is 0 Å². The standard InChI is InChI=1S/C14H21N3/c15-12-6-2-8-16-13(12)10-17-9-3-5-11-4-1-7-14(11)17/h2,6,8,11,14H,1,3-5,7,9-10,15H2. The van der Waals surface area contributed by atoms with Gasteiger partial charge in [0.25, 0.3) is 0 Å². The second kappa shape index (κ2) is 4.65. The van der Waals surface area contributed by atoms with Crippen molar-refractivity contribution in [2.75, 3.05) is 12.3 Å². The van der Waals surface area contributed by atoms with Crippen LogP contribution in [0.25, 0.3) is 0 Å². The summed E-state index contributed by atoms with van der Waals surface area (Å²) in [5.74, 6) is 0.939. The van der Waals surface area contributed by atoms with E-state index in [0.717, 1.165) is 29.9 Å². The van der Waals surface area contributed by atoms with Gasteiger partial charge in [-0.2, -0.15) is 0 Å². The Morgan fingerprint density at radius 3 is 3.06 bits per heavy atom. The Balaban J connectivity index is 1.74. The van der Waals surface area contributed by atoms with Crippen LogP contribution in [0.5, 0.6) is 0 Å². The van der Waals surface area contributed by atoms with Gasteiger partial charge < -0.3 is 5.73 Å². The highest BCUT2D eigenvalue weighted by molar-refractivity contribution is 5.41. The van der Waals surface area contributed by atoms with Crippen LogP contribution >= 0.6 is 0 Å². The van der Waals surface area contributed by atoms with Crippen molar-refractivity contribution in [3.8, 4) is 0 Å². The van der Waals surface area contributed by atoms with Gasteiger partial charge in [0.05, 0.1) is 11.4 Å². The van der Waals surface area contributed by atoms with Gasteiger partial charge in [0.2, 0.25) is 0 Å². The summed E-state index contributed by atoms with van der Waals surface area (Å²) in [6.07, 6.45) is 8.83. The average molecular weight is 231 g/mol. The maximum atomic E-state index is 5.99. The van der Waals surface area contributed by atoms with E-state index in [2.05, 4.69) is 9.88 Å². The van der Waals surface area contributed by atoms with E-state index in [4.69, 9.17) is 5.73 Å². The van der Waals surface area contributed by atoms with E-state index < -0.39 is 0 Å². The fraction of sp³-hybridized carbons (Fsp3) is 0.643. The Labute approximate surface area is 103 Å². The molecular weight excluding hydrogens is 210 g/mol. The second-order valence-corrected chi connectivity index (χ2v) is 5.41. The molecule has 1 aliphatic carbocycles. The van der Waals surface area contributed by atoms with Gasteiger partial charge in [-0.3, -0.25) is 9.88 Å². The molecule has 3 heteroatoms. The third-order valence-electron chi connectivity index (χ3n) is 4.39. The summed E-state index contributed by atoms with van der Waals surface area (Å²) in [6.45, 7) is 2.16. The van der Waals surface area contributed by atoms with Crippen LogP contribution in [0.1, 0.15) is 37.8 Å². The Kier molecular flexibility index (Phi) is 3.02. The molecule has 0 radical (unpaired) electrons. The summed E-state index contributed by atoms with van der Waals surface area (Å²) in [5.41, 5.74) is 7.88. The lowest BCUT2D eigenvalue weighted by Gasteiger charge is -2.37. The Morgan fingerprint density at radius 1 is 1.29 bits per heavy atom. The molecule has 1 aliphatic heterocycles. The predicted molar refractivity (Wildman–Crippen MR) is 69.4 cm³/mol. The number of likely N-dealkylation sites (tertiary alicyclic amines) is 1. The normalized spacial score (nSPS) is 29.2. The molecule has 1 saturated heterocycles. The van der Waals surface area contributed by atoms with E-state index in [1.54, 1.807) is 0 Å². The molecule has 1 aromatic rings. The fourth-order valence-corrected chi connectivity index (χ4v) is 3.53. The number of nitrogens with zero attached hydrogens (tertiary/aromatic N) is 2. The highest BCUT2D eigenvalue weighted by Gasteiger charge is 2.34. The first-order valence-electron chi connectivity index (χ1n) is 6.78. The number of nitrogens with two attached hydrogens (primary N) is 1. The Bertz CT molecular complexity index is 391. The van der Waals surface area contributed by atoms with Crippen molar-refractivity contribution in [1.29, 1.82) is 0 Å². The lowest BCUT2D eigenvalue weighted by Crippen LogP contribution is -2.42. The molecule has 0 bridgehead atoms. The molecule has 0 spiro atoms. The van der Waals surface area contributed by atoms with Crippen molar-refractivity contribution >= 4 is 5.69 Å². The largest absolute Gasteiger partial charge is 0.397 e. The minimum Gasteiger partial charge on any atom is -0.397 e. The van der Waals surface area contributed by atoms with Crippen LogP contribution in [0.3, 0.4) is 0 Å². The van der Waals surface area contributed by atoms with E-state index in [9.17, 15) is 0 Å². The summed E-state index contributed by atoms with van der Waals surface area (Å²) in [4.78, 5) is 7.03. The molecule has 3 nitrogen and oxygen atoms in total. The van der Waals surface area contributed by atoms with E-state index in [-0.39, 0.29) is 0 Å². The first kappa shape index (κ1) is 11.0. The lowest BCUT2D eigenvalue weighted by atomic mass is 9.92. The van der Waals surface area contributed by atoms with Gasteiger partial charge >= 0.3 is 0 Å². The van der Waals surface area contributed by atoms with Crippen LogP contribution in [-0.2, 0) is 6.54 Å². The molecule has 2 unspecified atom stereocenters. The molecule has 0 aromatic carbocycles. The van der Waals surface area contributed by atoms with Crippen molar-refractivity contribution in [1.82, 2.24) is 9.88 Å². The summed E-state index contributed by atoms with van der Waals surface area (Å²) >= 11 is 0. The first-order valence-corrected chi connectivity index (χ1v) is 6.78. The molecule has 3 rings (SSSR count). The number of nitrogen functional groups attached to an aromatic ring is 1. The maximum absolute atomic E-state index is 5.99. The quantitative estimate of drug-likeness (QED) is 0.850. The molecule has 2 aliphatic rings. The van der Waals surface area contributed by atoms with Gasteiger partial charge in [-0.1, -0.05) is 6.42 Å². The van der Waals surface area contributed by atoms with E-state index in [0.29, 0.717) is 0 Å². The number of pyridine rings is 1. The summed E-state index contributed by atoms with van der Waals surface area (Å²) in [7, 11) is 0. The molecule has 2 heterocycles. The van der Waals surface area contributed by atoms with E-state index in [1.165, 1.54) is 38.6 Å². The number of piperidine rings is 1. The highest BCUT2D eigenvalue weighted by atomic mass is 15.2. The SMILES string of the molecule is Nc1cccnc1CN1CCCC2CCCC21. The molecule has 17 heavy (non-hydrogen) atoms. The monoisotopic (exact) mass is 231 g/mol.